The van der Waals surface area contributed by atoms with Crippen molar-refractivity contribution < 1.29 is 18.9 Å². The maximum Gasteiger partial charge on any atom is 0.277 e. The summed E-state index contributed by atoms with van der Waals surface area (Å²) >= 11 is 0. The van der Waals surface area contributed by atoms with Crippen LogP contribution in [0.25, 0.3) is 0 Å². The van der Waals surface area contributed by atoms with Crippen molar-refractivity contribution >= 4 is 11.7 Å². The van der Waals surface area contributed by atoms with E-state index >= 15 is 0 Å². The van der Waals surface area contributed by atoms with E-state index in [1.165, 1.54) is 0 Å². The minimum atomic E-state index is -0.417. The molecule has 0 unspecified atom stereocenters. The third kappa shape index (κ3) is 5.35. The largest absolute Gasteiger partial charge is 0.493 e. The van der Waals surface area contributed by atoms with E-state index in [9.17, 15) is 4.79 Å². The highest BCUT2D eigenvalue weighted by Gasteiger charge is 2.14. The van der Waals surface area contributed by atoms with E-state index in [0.717, 1.165) is 17.7 Å². The zero-order valence-electron chi connectivity index (χ0n) is 14.4. The molecule has 136 valence electrons. The fourth-order valence-electron chi connectivity index (χ4n) is 2.09. The molecule has 0 aliphatic carbocycles. The van der Waals surface area contributed by atoms with Gasteiger partial charge in [0.25, 0.3) is 5.91 Å². The highest BCUT2D eigenvalue weighted by molar-refractivity contribution is 5.95. The minimum absolute atomic E-state index is 0.00703. The molecular weight excluding hydrogens is 326 g/mol. The first-order valence-corrected chi connectivity index (χ1v) is 8.02. The van der Waals surface area contributed by atoms with Crippen molar-refractivity contribution in [3.8, 4) is 11.5 Å². The maximum atomic E-state index is 11.8. The van der Waals surface area contributed by atoms with Crippen LogP contribution in [0, 0.1) is 0 Å². The Kier molecular flexibility index (Phi) is 7.02. The summed E-state index contributed by atoms with van der Waals surface area (Å²) in [7, 11) is 1.62. The Bertz CT molecular complexity index is 689. The van der Waals surface area contributed by atoms with Crippen LogP contribution in [-0.2, 0) is 6.54 Å². The van der Waals surface area contributed by atoms with Gasteiger partial charge in [-0.15, -0.1) is 0 Å². The number of nitrogens with one attached hydrogen (secondary N) is 2. The summed E-state index contributed by atoms with van der Waals surface area (Å²) in [6, 6.07) is 5.80. The van der Waals surface area contributed by atoms with Gasteiger partial charge < -0.3 is 25.8 Å². The maximum absolute atomic E-state index is 11.8. The van der Waals surface area contributed by atoms with Crippen LogP contribution >= 0.6 is 0 Å². The molecule has 2 rings (SSSR count). The average molecular weight is 349 g/mol. The molecule has 4 N–H and O–H groups in total. The molecule has 1 aromatic heterocycles. The molecule has 25 heavy (non-hydrogen) atoms. The number of hydrogen-bond donors (Lipinski definition) is 3. The molecular formula is C16H23N5O4. The lowest BCUT2D eigenvalue weighted by Crippen LogP contribution is -2.32. The zero-order chi connectivity index (χ0) is 18.1. The first-order chi connectivity index (χ1) is 12.2. The Morgan fingerprint density at radius 1 is 1.28 bits per heavy atom. The van der Waals surface area contributed by atoms with Gasteiger partial charge in [-0.25, -0.2) is 4.63 Å². The van der Waals surface area contributed by atoms with Crippen molar-refractivity contribution in [1.29, 1.82) is 0 Å². The number of benzene rings is 1. The number of anilines is 1. The number of hydrogen-bond acceptors (Lipinski definition) is 8. The van der Waals surface area contributed by atoms with E-state index in [1.807, 2.05) is 18.2 Å². The molecule has 0 atom stereocenters. The molecule has 0 saturated heterocycles. The van der Waals surface area contributed by atoms with Gasteiger partial charge in [-0.3, -0.25) is 4.79 Å². The van der Waals surface area contributed by atoms with Gasteiger partial charge in [0.2, 0.25) is 11.5 Å². The Balaban J connectivity index is 1.74. The van der Waals surface area contributed by atoms with E-state index in [0.29, 0.717) is 32.0 Å². The molecule has 0 saturated carbocycles. The second kappa shape index (κ2) is 9.48. The van der Waals surface area contributed by atoms with Crippen molar-refractivity contribution in [1.82, 2.24) is 20.9 Å². The summed E-state index contributed by atoms with van der Waals surface area (Å²) < 4.78 is 15.4. The van der Waals surface area contributed by atoms with E-state index in [-0.39, 0.29) is 11.5 Å². The molecule has 0 fully saturated rings. The molecule has 1 heterocycles. The van der Waals surface area contributed by atoms with Crippen LogP contribution < -0.4 is 25.8 Å². The number of amides is 1. The third-order valence-electron chi connectivity index (χ3n) is 3.34. The molecule has 0 bridgehead atoms. The van der Waals surface area contributed by atoms with Crippen LogP contribution in [0.3, 0.4) is 0 Å². The lowest BCUT2D eigenvalue weighted by Gasteiger charge is -2.12. The number of nitrogens with zero attached hydrogens (tertiary/aromatic N) is 2. The quantitative estimate of drug-likeness (QED) is 0.542. The van der Waals surface area contributed by atoms with Gasteiger partial charge >= 0.3 is 0 Å². The summed E-state index contributed by atoms with van der Waals surface area (Å²) in [6.07, 6.45) is 0.939. The summed E-state index contributed by atoms with van der Waals surface area (Å²) in [5.74, 6) is 0.997. The van der Waals surface area contributed by atoms with Crippen molar-refractivity contribution in [3.63, 3.8) is 0 Å². The molecule has 1 aromatic carbocycles. The monoisotopic (exact) mass is 349 g/mol. The molecule has 0 aliphatic heterocycles. The summed E-state index contributed by atoms with van der Waals surface area (Å²) in [5, 5.41) is 12.7. The van der Waals surface area contributed by atoms with E-state index < -0.39 is 5.91 Å². The standard InChI is InChI=1S/C16H23N5O4/c1-3-8-24-12-5-4-11(9-13(12)23-2)10-18-6-7-19-16(22)14-15(17)21-25-20-14/h4-5,9,18H,3,6-8,10H2,1-2H3,(H2,17,21)(H,19,22). The predicted octanol–water partition coefficient (Wildman–Crippen LogP) is 0.969. The number of carbonyl (C=O) groups is 1. The van der Waals surface area contributed by atoms with Crippen molar-refractivity contribution in [2.24, 2.45) is 0 Å². The summed E-state index contributed by atoms with van der Waals surface area (Å²) in [5.41, 5.74) is 6.50. The van der Waals surface area contributed by atoms with Crippen LogP contribution in [0.2, 0.25) is 0 Å². The lowest BCUT2D eigenvalue weighted by atomic mass is 10.2. The van der Waals surface area contributed by atoms with Gasteiger partial charge in [-0.05, 0) is 34.4 Å². The second-order valence-electron chi connectivity index (χ2n) is 5.26. The SMILES string of the molecule is CCCOc1ccc(CNCCNC(=O)c2nonc2N)cc1OC. The van der Waals surface area contributed by atoms with Gasteiger partial charge in [-0.2, -0.15) is 0 Å². The topological polar surface area (TPSA) is 125 Å². The van der Waals surface area contributed by atoms with Crippen molar-refractivity contribution in [2.75, 3.05) is 32.5 Å². The smallest absolute Gasteiger partial charge is 0.277 e. The number of nitrogens with two attached hydrogens (primary N) is 1. The van der Waals surface area contributed by atoms with Crippen LogP contribution in [0.1, 0.15) is 29.4 Å². The number of methoxy groups -OCH3 is 1. The molecule has 0 aliphatic rings. The molecule has 9 nitrogen and oxygen atoms in total. The van der Waals surface area contributed by atoms with Crippen LogP contribution in [-0.4, -0.2) is 43.0 Å². The summed E-state index contributed by atoms with van der Waals surface area (Å²) in [4.78, 5) is 11.8. The van der Waals surface area contributed by atoms with Crippen LogP contribution in [0.5, 0.6) is 11.5 Å². The third-order valence-corrected chi connectivity index (χ3v) is 3.34. The lowest BCUT2D eigenvalue weighted by molar-refractivity contribution is 0.0944. The zero-order valence-corrected chi connectivity index (χ0v) is 14.4. The second-order valence-corrected chi connectivity index (χ2v) is 5.26. The first kappa shape index (κ1) is 18.5. The average Bonchev–Trinajstić information content (AvgIpc) is 3.06. The van der Waals surface area contributed by atoms with Gasteiger partial charge in [-0.1, -0.05) is 13.0 Å². The Morgan fingerprint density at radius 3 is 2.80 bits per heavy atom. The molecule has 9 heteroatoms. The van der Waals surface area contributed by atoms with Crippen LogP contribution in [0.15, 0.2) is 22.8 Å². The predicted molar refractivity (Wildman–Crippen MR) is 91.5 cm³/mol. The van der Waals surface area contributed by atoms with Gasteiger partial charge in [0, 0.05) is 19.6 Å². The Hall–Kier alpha value is -2.81. The normalized spacial score (nSPS) is 10.5. The Labute approximate surface area is 145 Å². The minimum Gasteiger partial charge on any atom is -0.493 e. The highest BCUT2D eigenvalue weighted by Crippen LogP contribution is 2.28. The number of carbonyl (C=O) groups excluding carboxylic acids is 1. The Morgan fingerprint density at radius 2 is 2.12 bits per heavy atom. The van der Waals surface area contributed by atoms with Gasteiger partial charge in [0.15, 0.2) is 11.5 Å². The number of aromatic nitrogens is 2. The molecule has 0 radical (unpaired) electrons. The van der Waals surface area contributed by atoms with Gasteiger partial charge in [0.1, 0.15) is 0 Å². The highest BCUT2D eigenvalue weighted by atomic mass is 16.6. The molecule has 2 aromatic rings. The van der Waals surface area contributed by atoms with Crippen molar-refractivity contribution in [3.05, 3.63) is 29.5 Å². The molecule has 0 spiro atoms. The van der Waals surface area contributed by atoms with Gasteiger partial charge in [0.05, 0.1) is 13.7 Å². The summed E-state index contributed by atoms with van der Waals surface area (Å²) in [6.45, 7) is 4.33. The van der Waals surface area contributed by atoms with E-state index in [2.05, 4.69) is 32.5 Å². The van der Waals surface area contributed by atoms with E-state index in [4.69, 9.17) is 15.2 Å². The van der Waals surface area contributed by atoms with Crippen molar-refractivity contribution in [2.45, 2.75) is 19.9 Å². The van der Waals surface area contributed by atoms with E-state index in [1.54, 1.807) is 7.11 Å². The van der Waals surface area contributed by atoms with Crippen LogP contribution in [0.4, 0.5) is 5.82 Å². The number of rotatable bonds is 10. The molecule has 1 amide bonds. The first-order valence-electron chi connectivity index (χ1n) is 8.02. The fourth-order valence-corrected chi connectivity index (χ4v) is 2.09. The fraction of sp³-hybridized carbons (Fsp3) is 0.438. The number of ether oxygens (including phenoxy) is 2. The number of nitrogen functional groups attached to an aromatic ring is 1.